The first-order chi connectivity index (χ1) is 6.29. The topological polar surface area (TPSA) is 48.4 Å². The van der Waals surface area contributed by atoms with Crippen molar-refractivity contribution in [2.75, 3.05) is 6.61 Å². The van der Waals surface area contributed by atoms with E-state index in [0.717, 1.165) is 12.0 Å². The molecule has 74 valence electrons. The molecular formula is C10H17NO2. The van der Waals surface area contributed by atoms with Crippen molar-refractivity contribution < 1.29 is 9.15 Å². The van der Waals surface area contributed by atoms with Crippen molar-refractivity contribution in [3.05, 3.63) is 24.2 Å². The lowest BCUT2D eigenvalue weighted by atomic mass is 10.0. The number of ether oxygens (including phenoxy) is 1. The van der Waals surface area contributed by atoms with Gasteiger partial charge in [0.15, 0.2) is 0 Å². The van der Waals surface area contributed by atoms with Gasteiger partial charge in [-0.15, -0.1) is 0 Å². The Hall–Kier alpha value is -0.800. The fraction of sp³-hybridized carbons (Fsp3) is 0.600. The zero-order chi connectivity index (χ0) is 9.68. The van der Waals surface area contributed by atoms with E-state index in [1.807, 2.05) is 13.0 Å². The van der Waals surface area contributed by atoms with Gasteiger partial charge in [-0.25, -0.2) is 0 Å². The minimum Gasteiger partial charge on any atom is -0.472 e. The van der Waals surface area contributed by atoms with Crippen LogP contribution in [0.1, 0.15) is 31.9 Å². The van der Waals surface area contributed by atoms with Crippen molar-refractivity contribution in [2.45, 2.75) is 32.4 Å². The van der Waals surface area contributed by atoms with E-state index >= 15 is 0 Å². The number of hydrogen-bond donors (Lipinski definition) is 1. The quantitative estimate of drug-likeness (QED) is 0.760. The average molecular weight is 183 g/mol. The third-order valence-corrected chi connectivity index (χ3v) is 2.11. The summed E-state index contributed by atoms with van der Waals surface area (Å²) >= 11 is 0. The largest absolute Gasteiger partial charge is 0.472 e. The normalized spacial score (nSPS) is 15.6. The first kappa shape index (κ1) is 10.3. The molecule has 0 saturated heterocycles. The minimum atomic E-state index is -0.0799. The molecule has 2 N–H and O–H groups in total. The molecular weight excluding hydrogens is 166 g/mol. The molecule has 1 aromatic heterocycles. The minimum absolute atomic E-state index is 0.0799. The van der Waals surface area contributed by atoms with E-state index in [1.165, 1.54) is 0 Å². The van der Waals surface area contributed by atoms with Crippen LogP contribution in [0.3, 0.4) is 0 Å². The van der Waals surface area contributed by atoms with Crippen LogP contribution in [-0.2, 0) is 4.74 Å². The fourth-order valence-corrected chi connectivity index (χ4v) is 1.37. The maximum absolute atomic E-state index is 6.00. The molecule has 1 heterocycles. The van der Waals surface area contributed by atoms with Crippen LogP contribution in [0.2, 0.25) is 0 Å². The summed E-state index contributed by atoms with van der Waals surface area (Å²) in [5, 5.41) is 0. The second-order valence-corrected chi connectivity index (χ2v) is 2.98. The first-order valence-electron chi connectivity index (χ1n) is 4.68. The summed E-state index contributed by atoms with van der Waals surface area (Å²) in [6.07, 6.45) is 4.31. The van der Waals surface area contributed by atoms with Crippen molar-refractivity contribution in [1.82, 2.24) is 0 Å². The lowest BCUT2D eigenvalue weighted by Gasteiger charge is -2.21. The zero-order valence-corrected chi connectivity index (χ0v) is 8.19. The summed E-state index contributed by atoms with van der Waals surface area (Å²) in [6, 6.07) is 1.80. The molecule has 1 rings (SSSR count). The van der Waals surface area contributed by atoms with Gasteiger partial charge >= 0.3 is 0 Å². The highest BCUT2D eigenvalue weighted by atomic mass is 16.5. The highest BCUT2D eigenvalue weighted by molar-refractivity contribution is 5.12. The predicted octanol–water partition coefficient (Wildman–Crippen LogP) is 2.09. The standard InChI is InChI=1S/C10H17NO2/c1-3-9(13-4-2)10(11)8-5-6-12-7-8/h5-7,9-10H,3-4,11H2,1-2H3. The van der Waals surface area contributed by atoms with Gasteiger partial charge in [-0.1, -0.05) is 6.92 Å². The molecule has 0 radical (unpaired) electrons. The molecule has 13 heavy (non-hydrogen) atoms. The second kappa shape index (κ2) is 5.04. The van der Waals surface area contributed by atoms with Gasteiger partial charge in [0, 0.05) is 12.2 Å². The van der Waals surface area contributed by atoms with Crippen LogP contribution < -0.4 is 5.73 Å². The van der Waals surface area contributed by atoms with Crippen LogP contribution in [0, 0.1) is 0 Å². The lowest BCUT2D eigenvalue weighted by molar-refractivity contribution is 0.0412. The molecule has 0 aliphatic heterocycles. The van der Waals surface area contributed by atoms with E-state index in [0.29, 0.717) is 6.61 Å². The molecule has 0 aliphatic carbocycles. The molecule has 0 amide bonds. The molecule has 3 heteroatoms. The Morgan fingerprint density at radius 3 is 2.77 bits per heavy atom. The summed E-state index contributed by atoms with van der Waals surface area (Å²) in [5.41, 5.74) is 7.00. The van der Waals surface area contributed by atoms with Crippen LogP contribution in [0.25, 0.3) is 0 Å². The summed E-state index contributed by atoms with van der Waals surface area (Å²) in [6.45, 7) is 4.75. The van der Waals surface area contributed by atoms with E-state index in [2.05, 4.69) is 6.92 Å². The molecule has 3 nitrogen and oxygen atoms in total. The van der Waals surface area contributed by atoms with Crippen molar-refractivity contribution in [1.29, 1.82) is 0 Å². The fourth-order valence-electron chi connectivity index (χ4n) is 1.37. The zero-order valence-electron chi connectivity index (χ0n) is 8.19. The van der Waals surface area contributed by atoms with Gasteiger partial charge in [0.2, 0.25) is 0 Å². The monoisotopic (exact) mass is 183 g/mol. The Bertz CT molecular complexity index is 221. The highest BCUT2D eigenvalue weighted by Gasteiger charge is 2.18. The van der Waals surface area contributed by atoms with Crippen molar-refractivity contribution >= 4 is 0 Å². The Balaban J connectivity index is 2.58. The highest BCUT2D eigenvalue weighted by Crippen LogP contribution is 2.19. The molecule has 0 fully saturated rings. The molecule has 0 aliphatic rings. The molecule has 2 unspecified atom stereocenters. The summed E-state index contributed by atoms with van der Waals surface area (Å²) < 4.78 is 10.5. The third kappa shape index (κ3) is 2.57. The van der Waals surface area contributed by atoms with Gasteiger partial charge in [-0.2, -0.15) is 0 Å². The summed E-state index contributed by atoms with van der Waals surface area (Å²) in [7, 11) is 0. The SMILES string of the molecule is CCOC(CC)C(N)c1ccoc1. The summed E-state index contributed by atoms with van der Waals surface area (Å²) in [5.74, 6) is 0. The lowest BCUT2D eigenvalue weighted by Crippen LogP contribution is -2.28. The van der Waals surface area contributed by atoms with E-state index in [9.17, 15) is 0 Å². The van der Waals surface area contributed by atoms with E-state index in [1.54, 1.807) is 12.5 Å². The van der Waals surface area contributed by atoms with Crippen molar-refractivity contribution in [3.63, 3.8) is 0 Å². The van der Waals surface area contributed by atoms with Gasteiger partial charge in [0.05, 0.1) is 24.7 Å². The van der Waals surface area contributed by atoms with Gasteiger partial charge in [0.25, 0.3) is 0 Å². The molecule has 0 aromatic carbocycles. The number of nitrogens with two attached hydrogens (primary N) is 1. The molecule has 0 saturated carbocycles. The van der Waals surface area contributed by atoms with Gasteiger partial charge in [-0.05, 0) is 19.4 Å². The number of hydrogen-bond acceptors (Lipinski definition) is 3. The Kier molecular flexibility index (Phi) is 3.99. The van der Waals surface area contributed by atoms with Crippen LogP contribution in [-0.4, -0.2) is 12.7 Å². The van der Waals surface area contributed by atoms with E-state index in [-0.39, 0.29) is 12.1 Å². The van der Waals surface area contributed by atoms with Gasteiger partial charge < -0.3 is 14.9 Å². The van der Waals surface area contributed by atoms with E-state index in [4.69, 9.17) is 14.9 Å². The maximum Gasteiger partial charge on any atom is 0.0951 e. The Labute approximate surface area is 78.9 Å². The molecule has 1 aromatic rings. The third-order valence-electron chi connectivity index (χ3n) is 2.11. The second-order valence-electron chi connectivity index (χ2n) is 2.98. The van der Waals surface area contributed by atoms with Crippen LogP contribution in [0.4, 0.5) is 0 Å². The van der Waals surface area contributed by atoms with Crippen LogP contribution in [0.15, 0.2) is 23.0 Å². The van der Waals surface area contributed by atoms with Crippen molar-refractivity contribution in [2.24, 2.45) is 5.73 Å². The first-order valence-corrected chi connectivity index (χ1v) is 4.68. The van der Waals surface area contributed by atoms with Gasteiger partial charge in [-0.3, -0.25) is 0 Å². The molecule has 0 spiro atoms. The number of furan rings is 1. The van der Waals surface area contributed by atoms with Gasteiger partial charge in [0.1, 0.15) is 0 Å². The predicted molar refractivity (Wildman–Crippen MR) is 51.3 cm³/mol. The number of rotatable bonds is 5. The summed E-state index contributed by atoms with van der Waals surface area (Å²) in [4.78, 5) is 0. The van der Waals surface area contributed by atoms with E-state index < -0.39 is 0 Å². The van der Waals surface area contributed by atoms with Crippen LogP contribution in [0.5, 0.6) is 0 Å². The molecule has 0 bridgehead atoms. The maximum atomic E-state index is 6.00. The Morgan fingerprint density at radius 1 is 1.54 bits per heavy atom. The smallest absolute Gasteiger partial charge is 0.0951 e. The Morgan fingerprint density at radius 2 is 2.31 bits per heavy atom. The molecule has 2 atom stereocenters. The van der Waals surface area contributed by atoms with Crippen LogP contribution >= 0.6 is 0 Å². The van der Waals surface area contributed by atoms with Crippen molar-refractivity contribution in [3.8, 4) is 0 Å². The average Bonchev–Trinajstić information content (AvgIpc) is 2.65.